The molecule has 1 fully saturated rings. The summed E-state index contributed by atoms with van der Waals surface area (Å²) < 4.78 is 13.2. The summed E-state index contributed by atoms with van der Waals surface area (Å²) in [4.78, 5) is 0. The third-order valence-corrected chi connectivity index (χ3v) is 5.10. The molecule has 2 N–H and O–H groups in total. The summed E-state index contributed by atoms with van der Waals surface area (Å²) >= 11 is 5.88. The van der Waals surface area contributed by atoms with E-state index in [4.69, 9.17) is 17.3 Å². The molecule has 3 atom stereocenters. The van der Waals surface area contributed by atoms with Crippen molar-refractivity contribution in [1.29, 1.82) is 0 Å². The molecule has 3 heteroatoms. The third-order valence-electron chi connectivity index (χ3n) is 4.81. The van der Waals surface area contributed by atoms with Crippen molar-refractivity contribution in [3.05, 3.63) is 34.6 Å². The van der Waals surface area contributed by atoms with Gasteiger partial charge >= 0.3 is 0 Å². The molecule has 1 nitrogen and oxygen atoms in total. The molecule has 0 heterocycles. The van der Waals surface area contributed by atoms with Crippen LogP contribution in [0, 0.1) is 23.1 Å². The Morgan fingerprint density at radius 1 is 1.35 bits per heavy atom. The summed E-state index contributed by atoms with van der Waals surface area (Å²) in [6, 6.07) is 5.30. The van der Waals surface area contributed by atoms with Crippen molar-refractivity contribution in [2.24, 2.45) is 23.0 Å². The third kappa shape index (κ3) is 3.53. The molecule has 0 bridgehead atoms. The van der Waals surface area contributed by atoms with Gasteiger partial charge in [-0.2, -0.15) is 0 Å². The number of nitrogens with two attached hydrogens (primary N) is 1. The van der Waals surface area contributed by atoms with E-state index in [0.29, 0.717) is 5.92 Å². The zero-order chi connectivity index (χ0) is 14.9. The van der Waals surface area contributed by atoms with Crippen molar-refractivity contribution in [3.8, 4) is 0 Å². The lowest BCUT2D eigenvalue weighted by molar-refractivity contribution is 0.113. The maximum atomic E-state index is 13.2. The molecule has 0 spiro atoms. The van der Waals surface area contributed by atoms with E-state index in [1.54, 1.807) is 6.07 Å². The predicted octanol–water partition coefficient (Wildman–Crippen LogP) is 4.81. The first-order valence-electron chi connectivity index (χ1n) is 7.49. The Hall–Kier alpha value is -0.600. The summed E-state index contributed by atoms with van der Waals surface area (Å²) in [6.45, 7) is 6.82. The normalized spacial score (nSPS) is 27.6. The van der Waals surface area contributed by atoms with E-state index in [9.17, 15) is 4.39 Å². The Kier molecular flexibility index (Phi) is 4.76. The van der Waals surface area contributed by atoms with Crippen LogP contribution in [0.5, 0.6) is 0 Å². The molecule has 20 heavy (non-hydrogen) atoms. The molecule has 0 aliphatic heterocycles. The minimum absolute atomic E-state index is 0.112. The smallest absolute Gasteiger partial charge is 0.141 e. The van der Waals surface area contributed by atoms with Crippen molar-refractivity contribution in [2.75, 3.05) is 0 Å². The van der Waals surface area contributed by atoms with Crippen molar-refractivity contribution < 1.29 is 4.39 Å². The Morgan fingerprint density at radius 2 is 2.05 bits per heavy atom. The standard InChI is InChI=1S/C17H25ClFN/c1-11-4-6-13(16(20)8-11)17(2,3)10-12-5-7-15(19)14(18)9-12/h5,7,9,11,13,16H,4,6,8,10,20H2,1-3H3. The average Bonchev–Trinajstić information content (AvgIpc) is 2.33. The van der Waals surface area contributed by atoms with Crippen molar-refractivity contribution in [2.45, 2.75) is 52.5 Å². The molecule has 1 saturated carbocycles. The SMILES string of the molecule is CC1CCC(C(C)(C)Cc2ccc(F)c(Cl)c2)C(N)C1. The summed E-state index contributed by atoms with van der Waals surface area (Å²) in [5.74, 6) is 0.899. The lowest BCUT2D eigenvalue weighted by atomic mass is 9.64. The Bertz CT molecular complexity index is 472. The van der Waals surface area contributed by atoms with Gasteiger partial charge in [0.15, 0.2) is 0 Å². The van der Waals surface area contributed by atoms with Gasteiger partial charge in [0.1, 0.15) is 5.82 Å². The molecular weight excluding hydrogens is 273 g/mol. The van der Waals surface area contributed by atoms with Crippen LogP contribution in [-0.2, 0) is 6.42 Å². The summed E-state index contributed by atoms with van der Waals surface area (Å²) in [6.07, 6.45) is 4.44. The van der Waals surface area contributed by atoms with Crippen molar-refractivity contribution in [1.82, 2.24) is 0 Å². The molecule has 0 amide bonds. The van der Waals surface area contributed by atoms with E-state index in [0.717, 1.165) is 24.3 Å². The molecule has 0 aromatic heterocycles. The quantitative estimate of drug-likeness (QED) is 0.851. The summed E-state index contributed by atoms with van der Waals surface area (Å²) in [5, 5.41) is 0.208. The zero-order valence-electron chi connectivity index (χ0n) is 12.6. The molecule has 1 aromatic carbocycles. The second kappa shape index (κ2) is 6.03. The topological polar surface area (TPSA) is 26.0 Å². The first kappa shape index (κ1) is 15.8. The molecule has 2 rings (SSSR count). The maximum Gasteiger partial charge on any atom is 0.141 e. The van der Waals surface area contributed by atoms with E-state index < -0.39 is 0 Å². The maximum absolute atomic E-state index is 13.2. The van der Waals surface area contributed by atoms with Crippen molar-refractivity contribution in [3.63, 3.8) is 0 Å². The van der Waals surface area contributed by atoms with Gasteiger partial charge in [-0.05, 0) is 54.2 Å². The van der Waals surface area contributed by atoms with Crippen LogP contribution in [0.15, 0.2) is 18.2 Å². The van der Waals surface area contributed by atoms with Gasteiger partial charge in [-0.1, -0.05) is 44.9 Å². The van der Waals surface area contributed by atoms with Crippen LogP contribution >= 0.6 is 11.6 Å². The fraction of sp³-hybridized carbons (Fsp3) is 0.647. The van der Waals surface area contributed by atoms with Crippen LogP contribution < -0.4 is 5.73 Å². The number of halogens is 2. The molecule has 1 aliphatic rings. The van der Waals surface area contributed by atoms with Crippen LogP contribution in [-0.4, -0.2) is 6.04 Å². The van der Waals surface area contributed by atoms with Crippen LogP contribution in [0.3, 0.4) is 0 Å². The monoisotopic (exact) mass is 297 g/mol. The van der Waals surface area contributed by atoms with Gasteiger partial charge in [-0.15, -0.1) is 0 Å². The molecule has 112 valence electrons. The van der Waals surface area contributed by atoms with Crippen LogP contribution in [0.25, 0.3) is 0 Å². The van der Waals surface area contributed by atoms with E-state index in [2.05, 4.69) is 20.8 Å². The molecule has 3 unspecified atom stereocenters. The highest BCUT2D eigenvalue weighted by atomic mass is 35.5. The van der Waals surface area contributed by atoms with Crippen molar-refractivity contribution >= 4 is 11.6 Å². The molecule has 0 radical (unpaired) electrons. The zero-order valence-corrected chi connectivity index (χ0v) is 13.4. The minimum atomic E-state index is -0.351. The Labute approximate surface area is 126 Å². The van der Waals surface area contributed by atoms with Crippen LogP contribution in [0.1, 0.15) is 45.6 Å². The molecule has 1 aliphatic carbocycles. The lowest BCUT2D eigenvalue weighted by Gasteiger charge is -2.43. The second-order valence-corrected chi connectivity index (χ2v) is 7.51. The van der Waals surface area contributed by atoms with Gasteiger partial charge in [0.05, 0.1) is 5.02 Å². The fourth-order valence-electron chi connectivity index (χ4n) is 3.70. The van der Waals surface area contributed by atoms with Gasteiger partial charge in [0, 0.05) is 6.04 Å². The van der Waals surface area contributed by atoms with E-state index in [1.807, 2.05) is 6.07 Å². The van der Waals surface area contributed by atoms with Crippen LogP contribution in [0.2, 0.25) is 5.02 Å². The first-order chi connectivity index (χ1) is 9.29. The lowest BCUT2D eigenvalue weighted by Crippen LogP contribution is -2.44. The number of hydrogen-bond acceptors (Lipinski definition) is 1. The Balaban J connectivity index is 2.11. The summed E-state index contributed by atoms with van der Waals surface area (Å²) in [5.41, 5.74) is 7.58. The van der Waals surface area contributed by atoms with Gasteiger partial charge < -0.3 is 5.73 Å². The van der Waals surface area contributed by atoms with Gasteiger partial charge in [0.2, 0.25) is 0 Å². The first-order valence-corrected chi connectivity index (χ1v) is 7.87. The Morgan fingerprint density at radius 3 is 2.65 bits per heavy atom. The predicted molar refractivity (Wildman–Crippen MR) is 83.4 cm³/mol. The van der Waals surface area contributed by atoms with E-state index in [-0.39, 0.29) is 22.3 Å². The number of hydrogen-bond donors (Lipinski definition) is 1. The second-order valence-electron chi connectivity index (χ2n) is 7.10. The minimum Gasteiger partial charge on any atom is -0.327 e. The van der Waals surface area contributed by atoms with E-state index in [1.165, 1.54) is 18.9 Å². The summed E-state index contributed by atoms with van der Waals surface area (Å²) in [7, 11) is 0. The van der Waals surface area contributed by atoms with Gasteiger partial charge in [-0.3, -0.25) is 0 Å². The average molecular weight is 298 g/mol. The van der Waals surface area contributed by atoms with Gasteiger partial charge in [-0.25, -0.2) is 4.39 Å². The largest absolute Gasteiger partial charge is 0.327 e. The fourth-order valence-corrected chi connectivity index (χ4v) is 3.91. The molecule has 0 saturated heterocycles. The highest BCUT2D eigenvalue weighted by molar-refractivity contribution is 6.30. The molecule has 1 aromatic rings. The number of benzene rings is 1. The number of rotatable bonds is 3. The highest BCUT2D eigenvalue weighted by Gasteiger charge is 2.37. The molecular formula is C17H25ClFN. The highest BCUT2D eigenvalue weighted by Crippen LogP contribution is 2.41. The van der Waals surface area contributed by atoms with Crippen LogP contribution in [0.4, 0.5) is 4.39 Å². The van der Waals surface area contributed by atoms with Gasteiger partial charge in [0.25, 0.3) is 0 Å². The van der Waals surface area contributed by atoms with E-state index >= 15 is 0 Å².